The average molecular weight is 318 g/mol. The van der Waals surface area contributed by atoms with Crippen LogP contribution < -0.4 is 0 Å². The van der Waals surface area contributed by atoms with Crippen molar-refractivity contribution in [2.75, 3.05) is 19.0 Å². The van der Waals surface area contributed by atoms with E-state index < -0.39 is 0 Å². The number of hydrogen-bond donors (Lipinski definition) is 0. The van der Waals surface area contributed by atoms with Crippen LogP contribution in [-0.4, -0.2) is 41.8 Å². The molecule has 0 aromatic carbocycles. The summed E-state index contributed by atoms with van der Waals surface area (Å²) in [7, 11) is 0. The van der Waals surface area contributed by atoms with E-state index in [1.807, 2.05) is 0 Å². The van der Waals surface area contributed by atoms with Crippen LogP contribution in [-0.2, 0) is 14.3 Å². The van der Waals surface area contributed by atoms with E-state index in [0.717, 1.165) is 38.5 Å². The third-order valence-corrected chi connectivity index (χ3v) is 4.13. The minimum Gasteiger partial charge on any atom is -0.464 e. The number of nitrogens with zero attached hydrogens (tertiary/aromatic N) is 1. The summed E-state index contributed by atoms with van der Waals surface area (Å²) in [6.45, 7) is 3.30. The van der Waals surface area contributed by atoms with Gasteiger partial charge in [0.1, 0.15) is 6.04 Å². The molecule has 122 valence electrons. The zero-order chi connectivity index (χ0) is 15.5. The van der Waals surface area contributed by atoms with Crippen LogP contribution in [0.3, 0.4) is 0 Å². The first kappa shape index (κ1) is 18.3. The number of halogens is 1. The topological polar surface area (TPSA) is 46.6 Å². The van der Waals surface area contributed by atoms with Crippen LogP contribution in [0.4, 0.5) is 0 Å². The third-order valence-electron chi connectivity index (χ3n) is 3.86. The Morgan fingerprint density at radius 2 is 2.00 bits per heavy atom. The number of carbonyl (C=O) groups excluding carboxylic acids is 2. The molecule has 0 aliphatic carbocycles. The molecule has 0 spiro atoms. The summed E-state index contributed by atoms with van der Waals surface area (Å²) in [6, 6.07) is -0.361. The molecular weight excluding hydrogens is 290 g/mol. The largest absolute Gasteiger partial charge is 0.464 e. The van der Waals surface area contributed by atoms with Gasteiger partial charge in [0.05, 0.1) is 6.61 Å². The molecule has 21 heavy (non-hydrogen) atoms. The molecule has 1 aliphatic heterocycles. The van der Waals surface area contributed by atoms with Crippen LogP contribution in [0.2, 0.25) is 0 Å². The van der Waals surface area contributed by atoms with E-state index in [0.29, 0.717) is 25.5 Å². The van der Waals surface area contributed by atoms with E-state index in [1.165, 1.54) is 12.8 Å². The molecule has 0 radical (unpaired) electrons. The molecule has 0 saturated carbocycles. The van der Waals surface area contributed by atoms with Gasteiger partial charge in [-0.05, 0) is 32.1 Å². The number of rotatable bonds is 10. The molecule has 1 amide bonds. The van der Waals surface area contributed by atoms with Crippen molar-refractivity contribution in [3.05, 3.63) is 0 Å². The van der Waals surface area contributed by atoms with Gasteiger partial charge in [0.15, 0.2) is 0 Å². The lowest BCUT2D eigenvalue weighted by Crippen LogP contribution is -2.41. The van der Waals surface area contributed by atoms with Gasteiger partial charge >= 0.3 is 5.97 Å². The standard InChI is InChI=1S/C16H28ClNO3/c1-2-3-4-7-13-21-16(20)14-9-8-12-18(14)15(19)10-5-6-11-17/h14H,2-13H2,1H3. The van der Waals surface area contributed by atoms with Crippen molar-refractivity contribution < 1.29 is 14.3 Å². The van der Waals surface area contributed by atoms with Crippen LogP contribution in [0.15, 0.2) is 0 Å². The first-order valence-corrected chi connectivity index (χ1v) is 8.76. The quantitative estimate of drug-likeness (QED) is 0.352. The second-order valence-electron chi connectivity index (χ2n) is 5.62. The molecule has 1 saturated heterocycles. The SMILES string of the molecule is CCCCCCOC(=O)C1CCCN1C(=O)CCCCCl. The number of carbonyl (C=O) groups is 2. The van der Waals surface area contributed by atoms with Gasteiger partial charge in [0.25, 0.3) is 0 Å². The van der Waals surface area contributed by atoms with Gasteiger partial charge in [0, 0.05) is 18.8 Å². The highest BCUT2D eigenvalue weighted by Gasteiger charge is 2.34. The van der Waals surface area contributed by atoms with E-state index in [1.54, 1.807) is 4.90 Å². The number of ether oxygens (including phenoxy) is 1. The van der Waals surface area contributed by atoms with Crippen LogP contribution >= 0.6 is 11.6 Å². The number of amides is 1. The lowest BCUT2D eigenvalue weighted by atomic mass is 10.2. The normalized spacial score (nSPS) is 18.0. The van der Waals surface area contributed by atoms with Crippen molar-refractivity contribution in [1.29, 1.82) is 0 Å². The molecule has 0 aromatic heterocycles. The van der Waals surface area contributed by atoms with E-state index in [9.17, 15) is 9.59 Å². The molecule has 1 rings (SSSR count). The van der Waals surface area contributed by atoms with E-state index in [2.05, 4.69) is 6.92 Å². The van der Waals surface area contributed by atoms with Crippen LogP contribution in [0.25, 0.3) is 0 Å². The van der Waals surface area contributed by atoms with Gasteiger partial charge in [-0.1, -0.05) is 26.2 Å². The van der Waals surface area contributed by atoms with Crippen molar-refractivity contribution in [3.63, 3.8) is 0 Å². The Kier molecular flexibility index (Phi) is 9.48. The predicted molar refractivity (Wildman–Crippen MR) is 84.4 cm³/mol. The Bertz CT molecular complexity index is 323. The fourth-order valence-corrected chi connectivity index (χ4v) is 2.81. The molecular formula is C16H28ClNO3. The number of unbranched alkanes of at least 4 members (excludes halogenated alkanes) is 4. The number of likely N-dealkylation sites (tertiary alicyclic amines) is 1. The first-order chi connectivity index (χ1) is 10.2. The Balaban J connectivity index is 2.30. The highest BCUT2D eigenvalue weighted by atomic mass is 35.5. The second kappa shape index (κ2) is 10.9. The molecule has 0 bridgehead atoms. The van der Waals surface area contributed by atoms with Crippen molar-refractivity contribution >= 4 is 23.5 Å². The van der Waals surface area contributed by atoms with Crippen LogP contribution in [0, 0.1) is 0 Å². The Labute approximate surface area is 133 Å². The van der Waals surface area contributed by atoms with Gasteiger partial charge in [-0.3, -0.25) is 4.79 Å². The molecule has 1 fully saturated rings. The minimum absolute atomic E-state index is 0.0607. The highest BCUT2D eigenvalue weighted by Crippen LogP contribution is 2.20. The molecule has 0 aromatic rings. The molecule has 1 aliphatic rings. The highest BCUT2D eigenvalue weighted by molar-refractivity contribution is 6.17. The maximum Gasteiger partial charge on any atom is 0.328 e. The number of alkyl halides is 1. The molecule has 1 atom stereocenters. The Hall–Kier alpha value is -0.770. The van der Waals surface area contributed by atoms with Gasteiger partial charge in [0.2, 0.25) is 5.91 Å². The van der Waals surface area contributed by atoms with Crippen LogP contribution in [0.5, 0.6) is 0 Å². The molecule has 4 nitrogen and oxygen atoms in total. The van der Waals surface area contributed by atoms with Crippen LogP contribution in [0.1, 0.15) is 64.7 Å². The lowest BCUT2D eigenvalue weighted by Gasteiger charge is -2.23. The summed E-state index contributed by atoms with van der Waals surface area (Å²) in [5.41, 5.74) is 0. The molecule has 5 heteroatoms. The van der Waals surface area contributed by atoms with Gasteiger partial charge in [-0.25, -0.2) is 4.79 Å². The van der Waals surface area contributed by atoms with Gasteiger partial charge in [-0.15, -0.1) is 11.6 Å². The fourth-order valence-electron chi connectivity index (χ4n) is 2.62. The van der Waals surface area contributed by atoms with Crippen molar-refractivity contribution in [3.8, 4) is 0 Å². The summed E-state index contributed by atoms with van der Waals surface area (Å²) in [5.74, 6) is 0.413. The number of hydrogen-bond acceptors (Lipinski definition) is 3. The maximum atomic E-state index is 12.1. The Morgan fingerprint density at radius 1 is 1.19 bits per heavy atom. The summed E-state index contributed by atoms with van der Waals surface area (Å²) < 4.78 is 5.32. The zero-order valence-corrected chi connectivity index (χ0v) is 13.9. The average Bonchev–Trinajstić information content (AvgIpc) is 2.96. The summed E-state index contributed by atoms with van der Waals surface area (Å²) >= 11 is 5.62. The maximum absolute atomic E-state index is 12.1. The van der Waals surface area contributed by atoms with Crippen molar-refractivity contribution in [2.24, 2.45) is 0 Å². The van der Waals surface area contributed by atoms with Gasteiger partial charge < -0.3 is 9.64 Å². The summed E-state index contributed by atoms with van der Waals surface area (Å²) in [6.07, 6.45) is 8.07. The first-order valence-electron chi connectivity index (χ1n) is 8.22. The van der Waals surface area contributed by atoms with Crippen molar-refractivity contribution in [1.82, 2.24) is 4.90 Å². The Morgan fingerprint density at radius 3 is 2.71 bits per heavy atom. The molecule has 1 unspecified atom stereocenters. The summed E-state index contributed by atoms with van der Waals surface area (Å²) in [4.78, 5) is 25.9. The smallest absolute Gasteiger partial charge is 0.328 e. The number of esters is 1. The fraction of sp³-hybridized carbons (Fsp3) is 0.875. The van der Waals surface area contributed by atoms with E-state index >= 15 is 0 Å². The second-order valence-corrected chi connectivity index (χ2v) is 6.00. The van der Waals surface area contributed by atoms with E-state index in [4.69, 9.17) is 16.3 Å². The van der Waals surface area contributed by atoms with Crippen molar-refractivity contribution in [2.45, 2.75) is 70.8 Å². The lowest BCUT2D eigenvalue weighted by molar-refractivity contribution is -0.153. The third kappa shape index (κ3) is 6.68. The monoisotopic (exact) mass is 317 g/mol. The molecule has 1 heterocycles. The summed E-state index contributed by atoms with van der Waals surface area (Å²) in [5, 5.41) is 0. The minimum atomic E-state index is -0.361. The van der Waals surface area contributed by atoms with Gasteiger partial charge in [-0.2, -0.15) is 0 Å². The zero-order valence-electron chi connectivity index (χ0n) is 13.1. The predicted octanol–water partition coefficient (Wildman–Crippen LogP) is 3.51. The molecule has 0 N–H and O–H groups in total. The van der Waals surface area contributed by atoms with E-state index in [-0.39, 0.29) is 17.9 Å².